The van der Waals surface area contributed by atoms with Gasteiger partial charge in [-0.1, -0.05) is 6.07 Å². The Morgan fingerprint density at radius 2 is 2.05 bits per heavy atom. The molecule has 0 saturated heterocycles. The second-order valence-corrected chi connectivity index (χ2v) is 3.74. The Bertz CT molecular complexity index is 580. The number of hydrogen-bond donors (Lipinski definition) is 2. The van der Waals surface area contributed by atoms with Crippen molar-refractivity contribution >= 4 is 11.9 Å². The molecule has 2 aromatic heterocycles. The molecule has 0 bridgehead atoms. The fourth-order valence-electron chi connectivity index (χ4n) is 1.49. The fraction of sp³-hybridized carbons (Fsp3) is 0.167. The van der Waals surface area contributed by atoms with E-state index in [1.54, 1.807) is 23.1 Å². The van der Waals surface area contributed by atoms with Gasteiger partial charge in [-0.15, -0.1) is 0 Å². The number of nitrogens with zero attached hydrogens (tertiary/aromatic N) is 3. The zero-order valence-corrected chi connectivity index (χ0v) is 9.98. The van der Waals surface area contributed by atoms with Crippen molar-refractivity contribution in [2.24, 2.45) is 0 Å². The van der Waals surface area contributed by atoms with Crippen molar-refractivity contribution in [2.75, 3.05) is 6.54 Å². The Balaban J connectivity index is 1.92. The summed E-state index contributed by atoms with van der Waals surface area (Å²) in [6.07, 6.45) is 3.44. The van der Waals surface area contributed by atoms with E-state index in [2.05, 4.69) is 15.4 Å². The van der Waals surface area contributed by atoms with Crippen molar-refractivity contribution in [3.63, 3.8) is 0 Å². The van der Waals surface area contributed by atoms with Gasteiger partial charge in [-0.05, 0) is 18.2 Å². The lowest BCUT2D eigenvalue weighted by Crippen LogP contribution is -2.28. The molecule has 0 fully saturated rings. The molecule has 0 radical (unpaired) electrons. The maximum atomic E-state index is 11.8. The maximum Gasteiger partial charge on any atom is 0.354 e. The summed E-state index contributed by atoms with van der Waals surface area (Å²) in [5.41, 5.74) is -0.0694. The van der Waals surface area contributed by atoms with Gasteiger partial charge in [-0.3, -0.25) is 9.48 Å². The van der Waals surface area contributed by atoms with Crippen molar-refractivity contribution in [3.8, 4) is 0 Å². The van der Waals surface area contributed by atoms with E-state index in [9.17, 15) is 9.59 Å². The van der Waals surface area contributed by atoms with Crippen LogP contribution in [0.3, 0.4) is 0 Å². The number of hydrogen-bond acceptors (Lipinski definition) is 4. The van der Waals surface area contributed by atoms with Crippen molar-refractivity contribution in [2.45, 2.75) is 6.54 Å². The minimum Gasteiger partial charge on any atom is -0.477 e. The molecule has 0 saturated carbocycles. The lowest BCUT2D eigenvalue weighted by Gasteiger charge is -2.05. The summed E-state index contributed by atoms with van der Waals surface area (Å²) in [6.45, 7) is 0.927. The largest absolute Gasteiger partial charge is 0.477 e. The summed E-state index contributed by atoms with van der Waals surface area (Å²) in [4.78, 5) is 26.2. The molecule has 1 amide bonds. The Labute approximate surface area is 108 Å². The first kappa shape index (κ1) is 12.7. The third-order valence-corrected chi connectivity index (χ3v) is 2.39. The molecule has 7 heteroatoms. The average molecular weight is 260 g/mol. The van der Waals surface area contributed by atoms with Gasteiger partial charge in [-0.25, -0.2) is 9.78 Å². The van der Waals surface area contributed by atoms with Crippen molar-refractivity contribution in [3.05, 3.63) is 48.0 Å². The van der Waals surface area contributed by atoms with E-state index in [4.69, 9.17) is 5.11 Å². The van der Waals surface area contributed by atoms with E-state index in [-0.39, 0.29) is 11.4 Å². The third kappa shape index (κ3) is 3.38. The van der Waals surface area contributed by atoms with Crippen LogP contribution in [-0.4, -0.2) is 38.3 Å². The van der Waals surface area contributed by atoms with Gasteiger partial charge in [0.2, 0.25) is 0 Å². The monoisotopic (exact) mass is 260 g/mol. The molecular formula is C12H12N4O3. The summed E-state index contributed by atoms with van der Waals surface area (Å²) in [5, 5.41) is 15.4. The highest BCUT2D eigenvalue weighted by atomic mass is 16.4. The van der Waals surface area contributed by atoms with E-state index in [1.807, 2.05) is 0 Å². The average Bonchev–Trinajstić information content (AvgIpc) is 2.92. The van der Waals surface area contributed by atoms with E-state index in [0.717, 1.165) is 0 Å². The van der Waals surface area contributed by atoms with Crippen LogP contribution in [0.15, 0.2) is 36.7 Å². The molecule has 19 heavy (non-hydrogen) atoms. The number of aromatic nitrogens is 3. The Morgan fingerprint density at radius 3 is 2.74 bits per heavy atom. The summed E-state index contributed by atoms with van der Waals surface area (Å²) in [7, 11) is 0. The first-order valence-electron chi connectivity index (χ1n) is 5.63. The van der Waals surface area contributed by atoms with E-state index in [1.165, 1.54) is 18.2 Å². The van der Waals surface area contributed by atoms with Gasteiger partial charge in [0.05, 0.1) is 6.54 Å². The van der Waals surface area contributed by atoms with Gasteiger partial charge in [0.25, 0.3) is 5.91 Å². The third-order valence-electron chi connectivity index (χ3n) is 2.39. The number of aromatic carboxylic acids is 1. The lowest BCUT2D eigenvalue weighted by atomic mass is 10.3. The SMILES string of the molecule is O=C(O)c1cccc(C(=O)NCCn2cccn2)n1. The van der Waals surface area contributed by atoms with Crippen LogP contribution in [0.5, 0.6) is 0 Å². The van der Waals surface area contributed by atoms with Crippen molar-refractivity contribution in [1.29, 1.82) is 0 Å². The molecule has 0 aliphatic rings. The lowest BCUT2D eigenvalue weighted by molar-refractivity contribution is 0.0690. The second-order valence-electron chi connectivity index (χ2n) is 3.74. The van der Waals surface area contributed by atoms with Gasteiger partial charge in [-0.2, -0.15) is 5.10 Å². The standard InChI is InChI=1S/C12H12N4O3/c17-11(13-6-8-16-7-2-5-14-16)9-3-1-4-10(15-9)12(18)19/h1-5,7H,6,8H2,(H,13,17)(H,18,19). The molecule has 0 aliphatic carbocycles. The van der Waals surface area contributed by atoms with Gasteiger partial charge in [0.1, 0.15) is 11.4 Å². The van der Waals surface area contributed by atoms with Crippen LogP contribution in [-0.2, 0) is 6.54 Å². The smallest absolute Gasteiger partial charge is 0.354 e. The molecule has 2 rings (SSSR count). The minimum absolute atomic E-state index is 0.0837. The van der Waals surface area contributed by atoms with Crippen LogP contribution < -0.4 is 5.32 Å². The molecule has 0 aliphatic heterocycles. The quantitative estimate of drug-likeness (QED) is 0.811. The summed E-state index contributed by atoms with van der Waals surface area (Å²) >= 11 is 0. The highest BCUT2D eigenvalue weighted by Gasteiger charge is 2.10. The molecule has 2 N–H and O–H groups in total. The highest BCUT2D eigenvalue weighted by Crippen LogP contribution is 1.99. The zero-order chi connectivity index (χ0) is 13.7. The predicted octanol–water partition coefficient (Wildman–Crippen LogP) is 0.406. The number of carbonyl (C=O) groups excluding carboxylic acids is 1. The number of nitrogens with one attached hydrogen (secondary N) is 1. The number of carboxylic acids is 1. The van der Waals surface area contributed by atoms with E-state index >= 15 is 0 Å². The molecule has 2 aromatic rings. The minimum atomic E-state index is -1.16. The van der Waals surface area contributed by atoms with Crippen LogP contribution in [0, 0.1) is 0 Å². The summed E-state index contributed by atoms with van der Waals surface area (Å²) in [5.74, 6) is -1.57. The van der Waals surface area contributed by atoms with Crippen LogP contribution in [0.1, 0.15) is 21.0 Å². The van der Waals surface area contributed by atoms with E-state index < -0.39 is 11.9 Å². The summed E-state index contributed by atoms with van der Waals surface area (Å²) in [6, 6.07) is 6.08. The van der Waals surface area contributed by atoms with Crippen LogP contribution in [0.4, 0.5) is 0 Å². The first-order chi connectivity index (χ1) is 9.16. The molecule has 0 aromatic carbocycles. The Morgan fingerprint density at radius 1 is 1.26 bits per heavy atom. The molecule has 0 spiro atoms. The van der Waals surface area contributed by atoms with Gasteiger partial charge in [0.15, 0.2) is 0 Å². The summed E-state index contributed by atoms with van der Waals surface area (Å²) < 4.78 is 1.68. The Kier molecular flexibility index (Phi) is 3.87. The number of carboxylic acid groups (broad SMARTS) is 1. The van der Waals surface area contributed by atoms with E-state index in [0.29, 0.717) is 13.1 Å². The molecule has 2 heterocycles. The molecule has 0 unspecified atom stereocenters. The molecule has 7 nitrogen and oxygen atoms in total. The van der Waals surface area contributed by atoms with Crippen LogP contribution in [0.25, 0.3) is 0 Å². The van der Waals surface area contributed by atoms with Gasteiger partial charge >= 0.3 is 5.97 Å². The topological polar surface area (TPSA) is 97.1 Å². The Hall–Kier alpha value is -2.70. The maximum absolute atomic E-state index is 11.8. The first-order valence-corrected chi connectivity index (χ1v) is 5.63. The second kappa shape index (κ2) is 5.76. The highest BCUT2D eigenvalue weighted by molar-refractivity contribution is 5.94. The zero-order valence-electron chi connectivity index (χ0n) is 9.98. The molecule has 0 atom stereocenters. The van der Waals surface area contributed by atoms with Crippen molar-refractivity contribution in [1.82, 2.24) is 20.1 Å². The number of carbonyl (C=O) groups is 2. The van der Waals surface area contributed by atoms with Gasteiger partial charge in [0, 0.05) is 18.9 Å². The fourth-order valence-corrected chi connectivity index (χ4v) is 1.49. The van der Waals surface area contributed by atoms with Gasteiger partial charge < -0.3 is 10.4 Å². The number of rotatable bonds is 5. The van der Waals surface area contributed by atoms with Crippen LogP contribution >= 0.6 is 0 Å². The van der Waals surface area contributed by atoms with Crippen LogP contribution in [0.2, 0.25) is 0 Å². The molecular weight excluding hydrogens is 248 g/mol. The predicted molar refractivity (Wildman–Crippen MR) is 65.8 cm³/mol. The normalized spacial score (nSPS) is 10.1. The van der Waals surface area contributed by atoms with Crippen molar-refractivity contribution < 1.29 is 14.7 Å². The molecule has 98 valence electrons. The number of pyridine rings is 1. The number of amides is 1.